The molecule has 6 nitrogen and oxygen atoms in total. The molecule has 0 aliphatic carbocycles. The molecule has 2 N–H and O–H groups in total. The van der Waals surface area contributed by atoms with Crippen LogP contribution in [-0.4, -0.2) is 46.7 Å². The largest absolute Gasteiger partial charge is 0.616 e. The minimum absolute atomic E-state index is 0.00433. The molecule has 2 fully saturated rings. The number of rotatable bonds is 6. The van der Waals surface area contributed by atoms with E-state index in [1.165, 1.54) is 0 Å². The maximum atomic E-state index is 11.8. The van der Waals surface area contributed by atoms with Crippen LogP contribution in [0.15, 0.2) is 0 Å². The van der Waals surface area contributed by atoms with Gasteiger partial charge in [-0.25, -0.2) is 4.79 Å². The van der Waals surface area contributed by atoms with Crippen LogP contribution >= 0.6 is 0 Å². The van der Waals surface area contributed by atoms with Gasteiger partial charge in [0.2, 0.25) is 0 Å². The van der Waals surface area contributed by atoms with Crippen LogP contribution in [-0.2, 0) is 20.7 Å². The number of hydrogen-bond donors (Lipinski definition) is 2. The van der Waals surface area contributed by atoms with E-state index in [9.17, 15) is 14.1 Å². The van der Waals surface area contributed by atoms with Gasteiger partial charge in [0.05, 0.1) is 6.61 Å². The Bertz CT molecular complexity index is 302. The highest BCUT2D eigenvalue weighted by Gasteiger charge is 2.50. The fourth-order valence-corrected chi connectivity index (χ4v) is 4.31. The molecule has 2 saturated heterocycles. The van der Waals surface area contributed by atoms with Crippen LogP contribution in [0.3, 0.4) is 0 Å². The number of carbonyl (C=O) groups excluding carboxylic acids is 2. The molecular weight excluding hydrogens is 244 g/mol. The Kier molecular flexibility index (Phi) is 4.11. The third-order valence-electron chi connectivity index (χ3n) is 3.20. The number of urea groups is 1. The second-order valence-electron chi connectivity index (χ2n) is 4.30. The molecule has 4 atom stereocenters. The molecule has 2 rings (SSSR count). The summed E-state index contributed by atoms with van der Waals surface area (Å²) in [6.45, 7) is 0.840. The highest BCUT2D eigenvalue weighted by Crippen LogP contribution is 2.28. The Morgan fingerprint density at radius 2 is 2.29 bits per heavy atom. The first kappa shape index (κ1) is 12.5. The molecule has 2 unspecified atom stereocenters. The van der Waals surface area contributed by atoms with E-state index < -0.39 is 11.2 Å². The zero-order chi connectivity index (χ0) is 12.3. The fourth-order valence-electron chi connectivity index (χ4n) is 2.40. The summed E-state index contributed by atoms with van der Waals surface area (Å²) in [5, 5.41) is 5.61. The SMILES string of the molecule is O=COCCCCC1[C@H]2NC(=O)N[C@H]2C[S+]1[O-]. The van der Waals surface area contributed by atoms with Gasteiger partial charge < -0.3 is 19.9 Å². The molecule has 0 aromatic heterocycles. The molecule has 2 amide bonds. The summed E-state index contributed by atoms with van der Waals surface area (Å²) in [6, 6.07) is -0.152. The lowest BCUT2D eigenvalue weighted by molar-refractivity contribution is -0.128. The number of fused-ring (bicyclic) bond motifs is 1. The summed E-state index contributed by atoms with van der Waals surface area (Å²) in [6.07, 6.45) is 2.41. The van der Waals surface area contributed by atoms with Crippen molar-refractivity contribution in [2.24, 2.45) is 0 Å². The summed E-state index contributed by atoms with van der Waals surface area (Å²) >= 11 is -0.879. The summed E-state index contributed by atoms with van der Waals surface area (Å²) in [5.41, 5.74) is 0. The first-order valence-electron chi connectivity index (χ1n) is 5.72. The van der Waals surface area contributed by atoms with E-state index in [1.54, 1.807) is 0 Å². The zero-order valence-electron chi connectivity index (χ0n) is 9.39. The van der Waals surface area contributed by atoms with Gasteiger partial charge in [0, 0.05) is 0 Å². The van der Waals surface area contributed by atoms with E-state index in [0.29, 0.717) is 18.8 Å². The van der Waals surface area contributed by atoms with Crippen molar-refractivity contribution in [3.63, 3.8) is 0 Å². The quantitative estimate of drug-likeness (QED) is 0.292. The van der Waals surface area contributed by atoms with Gasteiger partial charge in [0.25, 0.3) is 6.47 Å². The normalized spacial score (nSPS) is 35.0. The predicted octanol–water partition coefficient (Wildman–Crippen LogP) is -0.489. The first-order valence-corrected chi connectivity index (χ1v) is 7.10. The summed E-state index contributed by atoms with van der Waals surface area (Å²) in [7, 11) is 0. The fraction of sp³-hybridized carbons (Fsp3) is 0.800. The van der Waals surface area contributed by atoms with Crippen LogP contribution < -0.4 is 10.6 Å². The Labute approximate surface area is 103 Å². The van der Waals surface area contributed by atoms with Gasteiger partial charge in [-0.05, 0) is 30.4 Å². The number of unbranched alkanes of at least 4 members (excludes halogenated alkanes) is 1. The molecule has 0 aromatic carbocycles. The average Bonchev–Trinajstić information content (AvgIpc) is 2.75. The van der Waals surface area contributed by atoms with Gasteiger partial charge >= 0.3 is 6.03 Å². The minimum Gasteiger partial charge on any atom is -0.616 e. The van der Waals surface area contributed by atoms with E-state index in [4.69, 9.17) is 0 Å². The number of amides is 2. The lowest BCUT2D eigenvalue weighted by atomic mass is 10.0. The molecule has 96 valence electrons. The Morgan fingerprint density at radius 3 is 3.06 bits per heavy atom. The molecule has 2 aliphatic rings. The lowest BCUT2D eigenvalue weighted by Crippen LogP contribution is -2.39. The van der Waals surface area contributed by atoms with Crippen LogP contribution in [0.1, 0.15) is 19.3 Å². The van der Waals surface area contributed by atoms with Gasteiger partial charge in [-0.3, -0.25) is 4.79 Å². The van der Waals surface area contributed by atoms with Crippen LogP contribution in [0.2, 0.25) is 0 Å². The third kappa shape index (κ3) is 2.84. The van der Waals surface area contributed by atoms with Crippen LogP contribution in [0.5, 0.6) is 0 Å². The van der Waals surface area contributed by atoms with Crippen molar-refractivity contribution >= 4 is 23.7 Å². The molecule has 2 heterocycles. The first-order chi connectivity index (χ1) is 8.22. The highest BCUT2D eigenvalue weighted by atomic mass is 32.2. The summed E-state index contributed by atoms with van der Waals surface area (Å²) in [4.78, 5) is 21.1. The van der Waals surface area contributed by atoms with E-state index >= 15 is 0 Å². The molecular formula is C10H16N2O4S. The maximum absolute atomic E-state index is 11.8. The van der Waals surface area contributed by atoms with Crippen LogP contribution in [0.25, 0.3) is 0 Å². The Balaban J connectivity index is 1.75. The van der Waals surface area contributed by atoms with E-state index in [-0.39, 0.29) is 23.4 Å². The van der Waals surface area contributed by atoms with Crippen molar-refractivity contribution in [2.75, 3.05) is 12.4 Å². The van der Waals surface area contributed by atoms with Crippen molar-refractivity contribution in [3.05, 3.63) is 0 Å². The monoisotopic (exact) mass is 260 g/mol. The molecule has 7 heteroatoms. The zero-order valence-corrected chi connectivity index (χ0v) is 10.2. The Hall–Kier alpha value is -0.950. The van der Waals surface area contributed by atoms with Crippen LogP contribution in [0.4, 0.5) is 4.79 Å². The number of hydrogen-bond acceptors (Lipinski definition) is 4. The molecule has 0 aromatic rings. The highest BCUT2D eigenvalue weighted by molar-refractivity contribution is 7.92. The Morgan fingerprint density at radius 1 is 1.47 bits per heavy atom. The van der Waals surface area contributed by atoms with Crippen molar-refractivity contribution in [1.82, 2.24) is 10.6 Å². The molecule has 2 aliphatic heterocycles. The van der Waals surface area contributed by atoms with Gasteiger partial charge in [-0.15, -0.1) is 0 Å². The van der Waals surface area contributed by atoms with Gasteiger partial charge in [0.15, 0.2) is 0 Å². The third-order valence-corrected chi connectivity index (χ3v) is 5.09. The van der Waals surface area contributed by atoms with E-state index in [2.05, 4.69) is 15.4 Å². The standard InChI is InChI=1S/C10H16N2O4S/c13-6-16-4-2-1-3-8-9-7(5-17(8)15)11-10(14)12-9/h6-9H,1-5H2,(H2,11,12,14)/t7-,8?,9-,17?/m0/s1. The number of ether oxygens (including phenoxy) is 1. The minimum atomic E-state index is -0.879. The number of nitrogens with one attached hydrogen (secondary N) is 2. The summed E-state index contributed by atoms with van der Waals surface area (Å²) in [5.74, 6) is 0.541. The van der Waals surface area contributed by atoms with Gasteiger partial charge in [-0.2, -0.15) is 0 Å². The van der Waals surface area contributed by atoms with Crippen molar-refractivity contribution in [3.8, 4) is 0 Å². The van der Waals surface area contributed by atoms with E-state index in [0.717, 1.165) is 19.3 Å². The second kappa shape index (κ2) is 5.59. The van der Waals surface area contributed by atoms with Crippen molar-refractivity contribution < 1.29 is 18.9 Å². The topological polar surface area (TPSA) is 90.5 Å². The second-order valence-corrected chi connectivity index (χ2v) is 6.00. The van der Waals surface area contributed by atoms with Crippen LogP contribution in [0, 0.1) is 0 Å². The molecule has 0 bridgehead atoms. The molecule has 0 saturated carbocycles. The average molecular weight is 260 g/mol. The molecule has 17 heavy (non-hydrogen) atoms. The smallest absolute Gasteiger partial charge is 0.315 e. The predicted molar refractivity (Wildman–Crippen MR) is 61.9 cm³/mol. The van der Waals surface area contributed by atoms with Gasteiger partial charge in [-0.1, -0.05) is 0 Å². The van der Waals surface area contributed by atoms with Crippen molar-refractivity contribution in [1.29, 1.82) is 0 Å². The maximum Gasteiger partial charge on any atom is 0.315 e. The number of carbonyl (C=O) groups is 2. The molecule has 0 spiro atoms. The molecule has 0 radical (unpaired) electrons. The van der Waals surface area contributed by atoms with Crippen molar-refractivity contribution in [2.45, 2.75) is 36.6 Å². The van der Waals surface area contributed by atoms with E-state index in [1.807, 2.05) is 0 Å². The summed E-state index contributed by atoms with van der Waals surface area (Å²) < 4.78 is 16.4. The van der Waals surface area contributed by atoms with Gasteiger partial charge in [0.1, 0.15) is 23.1 Å². The lowest BCUT2D eigenvalue weighted by Gasteiger charge is -2.17.